The van der Waals surface area contributed by atoms with Crippen molar-refractivity contribution in [3.63, 3.8) is 0 Å². The summed E-state index contributed by atoms with van der Waals surface area (Å²) in [6, 6.07) is 5.08. The van der Waals surface area contributed by atoms with E-state index >= 15 is 0 Å². The van der Waals surface area contributed by atoms with E-state index in [1.807, 2.05) is 7.05 Å². The molecule has 1 atom stereocenters. The number of hydrogen-bond donors (Lipinski definition) is 2. The number of likely N-dealkylation sites (N-methyl/N-ethyl adjacent to an activating group) is 2. The van der Waals surface area contributed by atoms with Gasteiger partial charge in [-0.15, -0.1) is 0 Å². The second-order valence-corrected chi connectivity index (χ2v) is 5.70. The molecule has 1 aliphatic rings. The van der Waals surface area contributed by atoms with Gasteiger partial charge < -0.3 is 19.8 Å². The molecule has 0 saturated carbocycles. The van der Waals surface area contributed by atoms with Gasteiger partial charge in [0, 0.05) is 24.6 Å². The van der Waals surface area contributed by atoms with Crippen LogP contribution in [0.4, 0.5) is 4.39 Å². The molecule has 20 heavy (non-hydrogen) atoms. The molecule has 0 spiro atoms. The average molecular weight is 280 g/mol. The molecule has 1 aromatic carbocycles. The molecule has 0 radical (unpaired) electrons. The summed E-state index contributed by atoms with van der Waals surface area (Å²) in [4.78, 5) is 4.55. The molecule has 1 aliphatic heterocycles. The number of hydrogen-bond acceptors (Lipinski definition) is 4. The van der Waals surface area contributed by atoms with Crippen LogP contribution in [0.15, 0.2) is 18.2 Å². The van der Waals surface area contributed by atoms with Crippen molar-refractivity contribution in [3.8, 4) is 0 Å². The highest BCUT2D eigenvalue weighted by molar-refractivity contribution is 6.58. The van der Waals surface area contributed by atoms with Crippen LogP contribution in [0, 0.1) is 5.82 Å². The number of nitrogens with zero attached hydrogens (tertiary/aromatic N) is 2. The van der Waals surface area contributed by atoms with Gasteiger partial charge in [-0.3, -0.25) is 0 Å². The zero-order valence-electron chi connectivity index (χ0n) is 12.1. The summed E-state index contributed by atoms with van der Waals surface area (Å²) >= 11 is 0. The molecule has 0 aromatic heterocycles. The summed E-state index contributed by atoms with van der Waals surface area (Å²) < 4.78 is 13.4. The standard InChI is InChI=1S/C14H22BFN2O2/c1-17(10-12-4-3-7-18(12)2)9-11-5-6-14(16)13(8-11)15(19)20/h5-6,8,12,19-20H,3-4,7,9-10H2,1-2H3. The number of halogens is 1. The molecule has 2 N–H and O–H groups in total. The van der Waals surface area contributed by atoms with Gasteiger partial charge in [-0.1, -0.05) is 12.1 Å². The maximum absolute atomic E-state index is 13.4. The molecule has 1 unspecified atom stereocenters. The molecule has 1 aromatic rings. The van der Waals surface area contributed by atoms with Gasteiger partial charge in [-0.05, 0) is 45.1 Å². The Hall–Kier alpha value is -0.945. The van der Waals surface area contributed by atoms with E-state index in [1.165, 1.54) is 25.0 Å². The van der Waals surface area contributed by atoms with Gasteiger partial charge in [-0.2, -0.15) is 0 Å². The number of rotatable bonds is 5. The first-order valence-corrected chi connectivity index (χ1v) is 7.00. The molecule has 1 saturated heterocycles. The fourth-order valence-corrected chi connectivity index (χ4v) is 2.84. The maximum atomic E-state index is 13.4. The predicted octanol–water partition coefficient (Wildman–Crippen LogP) is 0.0315. The van der Waals surface area contributed by atoms with E-state index in [-0.39, 0.29) is 5.46 Å². The van der Waals surface area contributed by atoms with Crippen LogP contribution in [0.3, 0.4) is 0 Å². The predicted molar refractivity (Wildman–Crippen MR) is 78.2 cm³/mol. The molecule has 6 heteroatoms. The maximum Gasteiger partial charge on any atom is 0.491 e. The summed E-state index contributed by atoms with van der Waals surface area (Å²) in [6.07, 6.45) is 2.46. The first-order valence-electron chi connectivity index (χ1n) is 7.00. The molecule has 0 amide bonds. The van der Waals surface area contributed by atoms with Gasteiger partial charge in [0.2, 0.25) is 0 Å². The van der Waals surface area contributed by atoms with Gasteiger partial charge >= 0.3 is 7.12 Å². The SMILES string of the molecule is CN(Cc1ccc(F)c(B(O)O)c1)CC1CCCN1C. The summed E-state index contributed by atoms with van der Waals surface area (Å²) in [5.74, 6) is -0.582. The van der Waals surface area contributed by atoms with Crippen molar-refractivity contribution in [3.05, 3.63) is 29.6 Å². The normalized spacial score (nSPS) is 19.8. The van der Waals surface area contributed by atoms with Crippen molar-refractivity contribution in [2.45, 2.75) is 25.4 Å². The molecule has 0 aliphatic carbocycles. The molecule has 110 valence electrons. The molecule has 1 fully saturated rings. The Morgan fingerprint density at radius 1 is 1.45 bits per heavy atom. The second-order valence-electron chi connectivity index (χ2n) is 5.70. The summed E-state index contributed by atoms with van der Waals surface area (Å²) in [6.45, 7) is 2.78. The van der Waals surface area contributed by atoms with E-state index in [4.69, 9.17) is 10.0 Å². The first-order chi connectivity index (χ1) is 9.47. The van der Waals surface area contributed by atoms with Crippen LogP contribution >= 0.6 is 0 Å². The van der Waals surface area contributed by atoms with Crippen LogP contribution in [0.1, 0.15) is 18.4 Å². The Labute approximate surface area is 120 Å². The Balaban J connectivity index is 1.97. The Kier molecular flexibility index (Phi) is 5.15. The first kappa shape index (κ1) is 15.4. The quantitative estimate of drug-likeness (QED) is 0.747. The van der Waals surface area contributed by atoms with E-state index in [0.29, 0.717) is 12.6 Å². The minimum absolute atomic E-state index is 0.0612. The molecule has 4 nitrogen and oxygen atoms in total. The largest absolute Gasteiger partial charge is 0.491 e. The smallest absolute Gasteiger partial charge is 0.423 e. The third kappa shape index (κ3) is 3.79. The minimum Gasteiger partial charge on any atom is -0.423 e. The molecular formula is C14H22BFN2O2. The third-order valence-electron chi connectivity index (χ3n) is 3.99. The zero-order valence-corrected chi connectivity index (χ0v) is 12.1. The van der Waals surface area contributed by atoms with Crippen molar-refractivity contribution in [1.29, 1.82) is 0 Å². The lowest BCUT2D eigenvalue weighted by Gasteiger charge is -2.26. The number of benzene rings is 1. The molecule has 2 rings (SSSR count). The van der Waals surface area contributed by atoms with Gasteiger partial charge in [-0.25, -0.2) is 4.39 Å². The van der Waals surface area contributed by atoms with Gasteiger partial charge in [0.15, 0.2) is 0 Å². The zero-order chi connectivity index (χ0) is 14.7. The summed E-state index contributed by atoms with van der Waals surface area (Å²) in [5, 5.41) is 18.2. The topological polar surface area (TPSA) is 46.9 Å². The fraction of sp³-hybridized carbons (Fsp3) is 0.571. The van der Waals surface area contributed by atoms with Crippen LogP contribution in [-0.2, 0) is 6.54 Å². The van der Waals surface area contributed by atoms with Crippen molar-refractivity contribution >= 4 is 12.6 Å². The lowest BCUT2D eigenvalue weighted by molar-refractivity contribution is 0.215. The van der Waals surface area contributed by atoms with Crippen molar-refractivity contribution in [1.82, 2.24) is 9.80 Å². The second kappa shape index (κ2) is 6.67. The van der Waals surface area contributed by atoms with E-state index in [0.717, 1.165) is 18.7 Å². The van der Waals surface area contributed by atoms with Gasteiger partial charge in [0.25, 0.3) is 0 Å². The van der Waals surface area contributed by atoms with Crippen LogP contribution < -0.4 is 5.46 Å². The Morgan fingerprint density at radius 3 is 2.80 bits per heavy atom. The highest BCUT2D eigenvalue weighted by Gasteiger charge is 2.22. The minimum atomic E-state index is -1.76. The van der Waals surface area contributed by atoms with Crippen molar-refractivity contribution in [2.75, 3.05) is 27.2 Å². The Bertz CT molecular complexity index is 459. The van der Waals surface area contributed by atoms with Crippen LogP contribution in [0.2, 0.25) is 0 Å². The van der Waals surface area contributed by atoms with Gasteiger partial charge in [0.1, 0.15) is 5.82 Å². The lowest BCUT2D eigenvalue weighted by atomic mass is 9.79. The van der Waals surface area contributed by atoms with E-state index in [1.54, 1.807) is 6.07 Å². The highest BCUT2D eigenvalue weighted by atomic mass is 19.1. The fourth-order valence-electron chi connectivity index (χ4n) is 2.84. The summed E-state index contributed by atoms with van der Waals surface area (Å²) in [7, 11) is 2.41. The molecule has 0 bridgehead atoms. The molecule has 1 heterocycles. The van der Waals surface area contributed by atoms with Crippen LogP contribution in [0.25, 0.3) is 0 Å². The number of likely N-dealkylation sites (tertiary alicyclic amines) is 1. The van der Waals surface area contributed by atoms with Gasteiger partial charge in [0.05, 0.1) is 0 Å². The van der Waals surface area contributed by atoms with Crippen LogP contribution in [0.5, 0.6) is 0 Å². The van der Waals surface area contributed by atoms with Crippen molar-refractivity contribution < 1.29 is 14.4 Å². The average Bonchev–Trinajstić information content (AvgIpc) is 2.77. The molecular weight excluding hydrogens is 258 g/mol. The lowest BCUT2D eigenvalue weighted by Crippen LogP contribution is -2.37. The van der Waals surface area contributed by atoms with E-state index in [9.17, 15) is 4.39 Å². The van der Waals surface area contributed by atoms with E-state index in [2.05, 4.69) is 16.8 Å². The van der Waals surface area contributed by atoms with E-state index < -0.39 is 12.9 Å². The van der Waals surface area contributed by atoms with Crippen LogP contribution in [-0.4, -0.2) is 60.2 Å². The monoisotopic (exact) mass is 280 g/mol. The Morgan fingerprint density at radius 2 is 2.20 bits per heavy atom. The summed E-state index contributed by atoms with van der Waals surface area (Å²) in [5.41, 5.74) is 0.825. The van der Waals surface area contributed by atoms with Crippen molar-refractivity contribution in [2.24, 2.45) is 0 Å². The highest BCUT2D eigenvalue weighted by Crippen LogP contribution is 2.16. The third-order valence-corrected chi connectivity index (χ3v) is 3.99.